The summed E-state index contributed by atoms with van der Waals surface area (Å²) in [6.07, 6.45) is 0.408. The summed E-state index contributed by atoms with van der Waals surface area (Å²) in [5.41, 5.74) is 2.37. The van der Waals surface area contributed by atoms with Crippen LogP contribution in [0.1, 0.15) is 43.9 Å². The van der Waals surface area contributed by atoms with Gasteiger partial charge in [0.15, 0.2) is 0 Å². The van der Waals surface area contributed by atoms with Crippen molar-refractivity contribution in [2.45, 2.75) is 53.1 Å². The molecule has 5 heteroatoms. The van der Waals surface area contributed by atoms with Crippen LogP contribution < -0.4 is 5.32 Å². The molecule has 2 amide bonds. The predicted octanol–water partition coefficient (Wildman–Crippen LogP) is 4.26. The van der Waals surface area contributed by atoms with Crippen molar-refractivity contribution in [3.05, 3.63) is 71.0 Å². The molecule has 29 heavy (non-hydrogen) atoms. The van der Waals surface area contributed by atoms with E-state index in [0.717, 1.165) is 11.1 Å². The fourth-order valence-corrected chi connectivity index (χ4v) is 3.26. The molecule has 4 nitrogen and oxygen atoms in total. The summed E-state index contributed by atoms with van der Waals surface area (Å²) in [4.78, 5) is 27.6. The molecule has 156 valence electrons. The molecule has 2 aromatic rings. The summed E-state index contributed by atoms with van der Waals surface area (Å²) >= 11 is 0. The van der Waals surface area contributed by atoms with Gasteiger partial charge in [-0.1, -0.05) is 68.8 Å². The first kappa shape index (κ1) is 22.6. The van der Waals surface area contributed by atoms with Gasteiger partial charge < -0.3 is 10.2 Å². The molecule has 2 aromatic carbocycles. The van der Waals surface area contributed by atoms with Gasteiger partial charge in [0.2, 0.25) is 11.8 Å². The van der Waals surface area contributed by atoms with Gasteiger partial charge in [0, 0.05) is 13.1 Å². The first-order chi connectivity index (χ1) is 13.8. The van der Waals surface area contributed by atoms with Crippen molar-refractivity contribution >= 4 is 11.8 Å². The summed E-state index contributed by atoms with van der Waals surface area (Å²) in [6, 6.07) is 13.5. The molecule has 1 N–H and O–H groups in total. The van der Waals surface area contributed by atoms with E-state index < -0.39 is 11.9 Å². The molecule has 0 aromatic heterocycles. The highest BCUT2D eigenvalue weighted by atomic mass is 19.1. The van der Waals surface area contributed by atoms with Crippen LogP contribution in [0.4, 0.5) is 4.39 Å². The first-order valence-corrected chi connectivity index (χ1v) is 10.2. The van der Waals surface area contributed by atoms with E-state index in [0.29, 0.717) is 31.0 Å². The number of amides is 2. The standard InChI is InChI=1S/C24H31FN2O2/c1-5-22(24(29)26-15-17(2)3)27(16-19-10-8-9-18(4)13-19)23(28)14-20-11-6-7-12-21(20)25/h6-13,17,22H,5,14-16H2,1-4H3,(H,26,29)/t22-/m0/s1. The van der Waals surface area contributed by atoms with Crippen molar-refractivity contribution in [2.75, 3.05) is 6.54 Å². The fraction of sp³-hybridized carbons (Fsp3) is 0.417. The fourth-order valence-electron chi connectivity index (χ4n) is 3.26. The molecule has 0 radical (unpaired) electrons. The van der Waals surface area contributed by atoms with Crippen LogP contribution in [-0.4, -0.2) is 29.3 Å². The maximum absolute atomic E-state index is 14.1. The Labute approximate surface area is 173 Å². The zero-order chi connectivity index (χ0) is 21.4. The van der Waals surface area contributed by atoms with Gasteiger partial charge >= 0.3 is 0 Å². The molecular weight excluding hydrogens is 367 g/mol. The molecule has 0 aliphatic rings. The quantitative estimate of drug-likeness (QED) is 0.686. The van der Waals surface area contributed by atoms with E-state index in [9.17, 15) is 14.0 Å². The second-order valence-corrected chi connectivity index (χ2v) is 7.84. The van der Waals surface area contributed by atoms with Gasteiger partial charge in [-0.15, -0.1) is 0 Å². The third-order valence-electron chi connectivity index (χ3n) is 4.81. The van der Waals surface area contributed by atoms with E-state index in [1.54, 1.807) is 23.1 Å². The van der Waals surface area contributed by atoms with Gasteiger partial charge in [0.1, 0.15) is 11.9 Å². The van der Waals surface area contributed by atoms with Crippen LogP contribution in [0.5, 0.6) is 0 Å². The molecule has 0 fully saturated rings. The summed E-state index contributed by atoms with van der Waals surface area (Å²) in [7, 11) is 0. The van der Waals surface area contributed by atoms with Crippen LogP contribution in [0.2, 0.25) is 0 Å². The summed E-state index contributed by atoms with van der Waals surface area (Å²) < 4.78 is 14.1. The molecule has 1 atom stereocenters. The van der Waals surface area contributed by atoms with Crippen LogP contribution in [-0.2, 0) is 22.6 Å². The molecule has 0 unspecified atom stereocenters. The monoisotopic (exact) mass is 398 g/mol. The van der Waals surface area contributed by atoms with Crippen molar-refractivity contribution in [2.24, 2.45) is 5.92 Å². The highest BCUT2D eigenvalue weighted by Gasteiger charge is 2.29. The number of halogens is 1. The van der Waals surface area contributed by atoms with Gasteiger partial charge in [-0.2, -0.15) is 0 Å². The average Bonchev–Trinajstić information content (AvgIpc) is 2.68. The van der Waals surface area contributed by atoms with Crippen molar-refractivity contribution in [3.63, 3.8) is 0 Å². The molecule has 0 aliphatic heterocycles. The number of benzene rings is 2. The largest absolute Gasteiger partial charge is 0.354 e. The lowest BCUT2D eigenvalue weighted by Crippen LogP contribution is -2.50. The Hall–Kier alpha value is -2.69. The van der Waals surface area contributed by atoms with E-state index in [4.69, 9.17) is 0 Å². The molecule has 0 saturated heterocycles. The Balaban J connectivity index is 2.29. The minimum atomic E-state index is -0.603. The number of hydrogen-bond acceptors (Lipinski definition) is 2. The average molecular weight is 399 g/mol. The Morgan fingerprint density at radius 3 is 2.45 bits per heavy atom. The van der Waals surface area contributed by atoms with E-state index in [2.05, 4.69) is 5.32 Å². The molecular formula is C24H31FN2O2. The molecule has 0 saturated carbocycles. The number of carbonyl (C=O) groups is 2. The Kier molecular flexibility index (Phi) is 8.37. The predicted molar refractivity (Wildman–Crippen MR) is 114 cm³/mol. The number of aryl methyl sites for hydroxylation is 1. The van der Waals surface area contributed by atoms with Crippen LogP contribution in [0.3, 0.4) is 0 Å². The van der Waals surface area contributed by atoms with Crippen molar-refractivity contribution in [3.8, 4) is 0 Å². The molecule has 2 rings (SSSR count). The van der Waals surface area contributed by atoms with Crippen molar-refractivity contribution in [1.82, 2.24) is 10.2 Å². The number of nitrogens with zero attached hydrogens (tertiary/aromatic N) is 1. The van der Waals surface area contributed by atoms with Gasteiger partial charge in [-0.3, -0.25) is 9.59 Å². The second-order valence-electron chi connectivity index (χ2n) is 7.84. The van der Waals surface area contributed by atoms with Crippen molar-refractivity contribution in [1.29, 1.82) is 0 Å². The van der Waals surface area contributed by atoms with Crippen LogP contribution in [0, 0.1) is 18.7 Å². The van der Waals surface area contributed by atoms with Crippen molar-refractivity contribution < 1.29 is 14.0 Å². The zero-order valence-corrected chi connectivity index (χ0v) is 17.7. The molecule has 0 aliphatic carbocycles. The van der Waals surface area contributed by atoms with Gasteiger partial charge in [-0.05, 0) is 36.5 Å². The molecule has 0 heterocycles. The number of hydrogen-bond donors (Lipinski definition) is 1. The number of nitrogens with one attached hydrogen (secondary N) is 1. The summed E-state index contributed by atoms with van der Waals surface area (Å²) in [5, 5.41) is 2.93. The Morgan fingerprint density at radius 2 is 1.83 bits per heavy atom. The van der Waals surface area contributed by atoms with Crippen LogP contribution in [0.25, 0.3) is 0 Å². The minimum absolute atomic E-state index is 0.0769. The van der Waals surface area contributed by atoms with E-state index in [1.165, 1.54) is 6.07 Å². The van der Waals surface area contributed by atoms with E-state index in [-0.39, 0.29) is 18.2 Å². The highest BCUT2D eigenvalue weighted by Crippen LogP contribution is 2.17. The van der Waals surface area contributed by atoms with E-state index >= 15 is 0 Å². The third-order valence-corrected chi connectivity index (χ3v) is 4.81. The number of carbonyl (C=O) groups excluding carboxylic acids is 2. The zero-order valence-electron chi connectivity index (χ0n) is 17.7. The minimum Gasteiger partial charge on any atom is -0.354 e. The number of rotatable bonds is 9. The second kappa shape index (κ2) is 10.7. The SMILES string of the molecule is CC[C@@H](C(=O)NCC(C)C)N(Cc1cccc(C)c1)C(=O)Cc1ccccc1F. The third kappa shape index (κ3) is 6.70. The smallest absolute Gasteiger partial charge is 0.242 e. The molecule has 0 bridgehead atoms. The van der Waals surface area contributed by atoms with Gasteiger partial charge in [0.05, 0.1) is 6.42 Å². The first-order valence-electron chi connectivity index (χ1n) is 10.2. The Morgan fingerprint density at radius 1 is 1.10 bits per heavy atom. The maximum atomic E-state index is 14.1. The normalized spacial score (nSPS) is 11.9. The van der Waals surface area contributed by atoms with Gasteiger partial charge in [-0.25, -0.2) is 4.39 Å². The maximum Gasteiger partial charge on any atom is 0.242 e. The summed E-state index contributed by atoms with van der Waals surface area (Å²) in [5.74, 6) is -0.525. The summed E-state index contributed by atoms with van der Waals surface area (Å²) in [6.45, 7) is 8.78. The topological polar surface area (TPSA) is 49.4 Å². The van der Waals surface area contributed by atoms with E-state index in [1.807, 2.05) is 52.0 Å². The lowest BCUT2D eigenvalue weighted by Gasteiger charge is -2.31. The van der Waals surface area contributed by atoms with Gasteiger partial charge in [0.25, 0.3) is 0 Å². The van der Waals surface area contributed by atoms with Crippen LogP contribution >= 0.6 is 0 Å². The molecule has 0 spiro atoms. The Bertz CT molecular complexity index is 835. The lowest BCUT2D eigenvalue weighted by molar-refractivity contribution is -0.141. The highest BCUT2D eigenvalue weighted by molar-refractivity contribution is 5.88. The van der Waals surface area contributed by atoms with Crippen LogP contribution in [0.15, 0.2) is 48.5 Å². The lowest BCUT2D eigenvalue weighted by atomic mass is 10.1.